The van der Waals surface area contributed by atoms with Crippen molar-refractivity contribution in [2.24, 2.45) is 0 Å². The van der Waals surface area contributed by atoms with Crippen molar-refractivity contribution in [1.29, 1.82) is 0 Å². The van der Waals surface area contributed by atoms with Crippen LogP contribution >= 0.6 is 0 Å². The fourth-order valence-electron chi connectivity index (χ4n) is 3.27. The van der Waals surface area contributed by atoms with Gasteiger partial charge in [-0.3, -0.25) is 9.59 Å². The van der Waals surface area contributed by atoms with Gasteiger partial charge in [-0.1, -0.05) is 18.2 Å². The number of nitrogens with zero attached hydrogens (tertiary/aromatic N) is 2. The fourth-order valence-corrected chi connectivity index (χ4v) is 3.27. The molecule has 0 spiro atoms. The van der Waals surface area contributed by atoms with Gasteiger partial charge in [0.25, 0.3) is 5.56 Å². The quantitative estimate of drug-likeness (QED) is 0.712. The van der Waals surface area contributed by atoms with Crippen molar-refractivity contribution < 1.29 is 14.3 Å². The maximum atomic E-state index is 12.7. The SMILES string of the molecule is CCN(Cc1nc2ccccc2c(=O)[nH]1)C(=O)CCc1ccc2c(c1)OCO2. The van der Waals surface area contributed by atoms with Gasteiger partial charge in [0.15, 0.2) is 11.5 Å². The minimum atomic E-state index is -0.190. The second-order valence-corrected chi connectivity index (χ2v) is 6.63. The summed E-state index contributed by atoms with van der Waals surface area (Å²) in [5.74, 6) is 1.95. The molecule has 0 unspecified atom stereocenters. The standard InChI is InChI=1S/C21H21N3O4/c1-2-24(12-19-22-16-6-4-3-5-15(16)21(26)23-19)20(25)10-8-14-7-9-17-18(11-14)28-13-27-17/h3-7,9,11H,2,8,10,12-13H2,1H3,(H,22,23,26). The van der Waals surface area contributed by atoms with Crippen LogP contribution in [-0.4, -0.2) is 34.1 Å². The monoisotopic (exact) mass is 379 g/mol. The van der Waals surface area contributed by atoms with E-state index >= 15 is 0 Å². The molecule has 144 valence electrons. The fraction of sp³-hybridized carbons (Fsp3) is 0.286. The molecule has 0 saturated heterocycles. The molecule has 4 rings (SSSR count). The molecule has 1 N–H and O–H groups in total. The largest absolute Gasteiger partial charge is 0.454 e. The Morgan fingerprint density at radius 2 is 2.00 bits per heavy atom. The number of aromatic nitrogens is 2. The predicted octanol–water partition coefficient (Wildman–Crippen LogP) is 2.63. The van der Waals surface area contributed by atoms with E-state index < -0.39 is 0 Å². The molecular weight excluding hydrogens is 358 g/mol. The lowest BCUT2D eigenvalue weighted by atomic mass is 10.1. The zero-order valence-corrected chi connectivity index (χ0v) is 15.6. The van der Waals surface area contributed by atoms with Gasteiger partial charge in [0.2, 0.25) is 12.7 Å². The van der Waals surface area contributed by atoms with E-state index in [4.69, 9.17) is 9.47 Å². The van der Waals surface area contributed by atoms with Gasteiger partial charge in [0.1, 0.15) is 5.82 Å². The van der Waals surface area contributed by atoms with E-state index in [2.05, 4.69) is 9.97 Å². The molecule has 1 aliphatic rings. The number of ether oxygens (including phenoxy) is 2. The van der Waals surface area contributed by atoms with E-state index in [0.29, 0.717) is 36.1 Å². The summed E-state index contributed by atoms with van der Waals surface area (Å²) >= 11 is 0. The average Bonchev–Trinajstić information content (AvgIpc) is 3.18. The van der Waals surface area contributed by atoms with Crippen LogP contribution in [0.15, 0.2) is 47.3 Å². The first-order valence-electron chi connectivity index (χ1n) is 9.28. The number of rotatable bonds is 6. The van der Waals surface area contributed by atoms with Crippen LogP contribution in [-0.2, 0) is 17.8 Å². The molecule has 7 heteroatoms. The second-order valence-electron chi connectivity index (χ2n) is 6.63. The summed E-state index contributed by atoms with van der Waals surface area (Å²) in [4.78, 5) is 33.9. The average molecular weight is 379 g/mol. The van der Waals surface area contributed by atoms with Gasteiger partial charge in [-0.2, -0.15) is 0 Å². The number of aromatic amines is 1. The molecule has 1 aromatic heterocycles. The van der Waals surface area contributed by atoms with Crippen molar-refractivity contribution in [3.8, 4) is 11.5 Å². The molecule has 1 aliphatic heterocycles. The molecule has 0 atom stereocenters. The highest BCUT2D eigenvalue weighted by molar-refractivity contribution is 5.78. The lowest BCUT2D eigenvalue weighted by molar-refractivity contribution is -0.131. The van der Waals surface area contributed by atoms with Crippen molar-refractivity contribution >= 4 is 16.8 Å². The summed E-state index contributed by atoms with van der Waals surface area (Å²) in [7, 11) is 0. The summed E-state index contributed by atoms with van der Waals surface area (Å²) in [5, 5.41) is 0.545. The molecule has 2 heterocycles. The Hall–Kier alpha value is -3.35. The number of fused-ring (bicyclic) bond motifs is 2. The Kier molecular flexibility index (Phi) is 4.97. The molecule has 0 radical (unpaired) electrons. The summed E-state index contributed by atoms with van der Waals surface area (Å²) < 4.78 is 10.7. The lowest BCUT2D eigenvalue weighted by Gasteiger charge is -2.20. The van der Waals surface area contributed by atoms with Gasteiger partial charge in [-0.05, 0) is 43.2 Å². The van der Waals surface area contributed by atoms with E-state index in [-0.39, 0.29) is 24.8 Å². The molecule has 28 heavy (non-hydrogen) atoms. The molecule has 2 aromatic carbocycles. The van der Waals surface area contributed by atoms with Gasteiger partial charge < -0.3 is 19.4 Å². The molecule has 3 aromatic rings. The highest BCUT2D eigenvalue weighted by Gasteiger charge is 2.16. The molecule has 0 fully saturated rings. The van der Waals surface area contributed by atoms with Crippen molar-refractivity contribution in [2.45, 2.75) is 26.3 Å². The Labute approximate surface area is 161 Å². The van der Waals surface area contributed by atoms with Gasteiger partial charge in [0, 0.05) is 13.0 Å². The van der Waals surface area contributed by atoms with Gasteiger partial charge in [-0.15, -0.1) is 0 Å². The summed E-state index contributed by atoms with van der Waals surface area (Å²) in [6.45, 7) is 2.96. The first-order chi connectivity index (χ1) is 13.6. The topological polar surface area (TPSA) is 84.5 Å². The third-order valence-corrected chi connectivity index (χ3v) is 4.80. The molecule has 7 nitrogen and oxygen atoms in total. The Bertz CT molecular complexity index is 1080. The van der Waals surface area contributed by atoms with E-state index in [1.807, 2.05) is 31.2 Å². The van der Waals surface area contributed by atoms with Crippen molar-refractivity contribution in [3.63, 3.8) is 0 Å². The number of hydrogen-bond donors (Lipinski definition) is 1. The zero-order valence-electron chi connectivity index (χ0n) is 15.6. The number of carbonyl (C=O) groups is 1. The smallest absolute Gasteiger partial charge is 0.258 e. The Morgan fingerprint density at radius 1 is 1.18 bits per heavy atom. The molecule has 0 bridgehead atoms. The number of nitrogens with one attached hydrogen (secondary N) is 1. The maximum Gasteiger partial charge on any atom is 0.258 e. The first kappa shape index (κ1) is 18.0. The molecule has 0 saturated carbocycles. The van der Waals surface area contributed by atoms with Crippen LogP contribution in [0.4, 0.5) is 0 Å². The van der Waals surface area contributed by atoms with Crippen LogP contribution in [0.5, 0.6) is 11.5 Å². The highest BCUT2D eigenvalue weighted by Crippen LogP contribution is 2.32. The normalized spacial score (nSPS) is 12.3. The van der Waals surface area contributed by atoms with Crippen LogP contribution in [0.3, 0.4) is 0 Å². The molecule has 0 aliphatic carbocycles. The van der Waals surface area contributed by atoms with Crippen molar-refractivity contribution in [3.05, 3.63) is 64.2 Å². The van der Waals surface area contributed by atoms with Crippen LogP contribution in [0.1, 0.15) is 24.7 Å². The number of hydrogen-bond acceptors (Lipinski definition) is 5. The Morgan fingerprint density at radius 3 is 2.86 bits per heavy atom. The zero-order chi connectivity index (χ0) is 19.5. The van der Waals surface area contributed by atoms with Crippen LogP contribution in [0.25, 0.3) is 10.9 Å². The molecule has 1 amide bonds. The van der Waals surface area contributed by atoms with Crippen LogP contribution in [0.2, 0.25) is 0 Å². The van der Waals surface area contributed by atoms with Gasteiger partial charge in [0.05, 0.1) is 17.4 Å². The predicted molar refractivity (Wildman–Crippen MR) is 104 cm³/mol. The summed E-state index contributed by atoms with van der Waals surface area (Å²) in [5.41, 5.74) is 1.46. The third kappa shape index (κ3) is 3.69. The van der Waals surface area contributed by atoms with Crippen molar-refractivity contribution in [1.82, 2.24) is 14.9 Å². The van der Waals surface area contributed by atoms with E-state index in [1.165, 1.54) is 0 Å². The first-order valence-corrected chi connectivity index (χ1v) is 9.28. The van der Waals surface area contributed by atoms with E-state index in [1.54, 1.807) is 23.1 Å². The minimum Gasteiger partial charge on any atom is -0.454 e. The summed E-state index contributed by atoms with van der Waals surface area (Å²) in [6, 6.07) is 12.9. The lowest BCUT2D eigenvalue weighted by Crippen LogP contribution is -2.32. The number of amides is 1. The highest BCUT2D eigenvalue weighted by atomic mass is 16.7. The second kappa shape index (κ2) is 7.72. The Balaban J connectivity index is 1.43. The van der Waals surface area contributed by atoms with E-state index in [0.717, 1.165) is 17.1 Å². The summed E-state index contributed by atoms with van der Waals surface area (Å²) in [6.07, 6.45) is 0.971. The maximum absolute atomic E-state index is 12.7. The van der Waals surface area contributed by atoms with E-state index in [9.17, 15) is 9.59 Å². The third-order valence-electron chi connectivity index (χ3n) is 4.80. The van der Waals surface area contributed by atoms with Crippen molar-refractivity contribution in [2.75, 3.05) is 13.3 Å². The number of carbonyl (C=O) groups excluding carboxylic acids is 1. The minimum absolute atomic E-state index is 0.0102. The molecular formula is C21H21N3O4. The number of H-pyrrole nitrogens is 1. The van der Waals surface area contributed by atoms with Crippen LogP contribution in [0, 0.1) is 0 Å². The van der Waals surface area contributed by atoms with Gasteiger partial charge >= 0.3 is 0 Å². The van der Waals surface area contributed by atoms with Gasteiger partial charge in [-0.25, -0.2) is 4.98 Å². The number of aryl methyl sites for hydroxylation is 1. The van der Waals surface area contributed by atoms with Crippen LogP contribution < -0.4 is 15.0 Å². The number of para-hydroxylation sites is 1. The number of benzene rings is 2.